The van der Waals surface area contributed by atoms with Crippen LogP contribution < -0.4 is 10.6 Å². The fourth-order valence-corrected chi connectivity index (χ4v) is 2.50. The van der Waals surface area contributed by atoms with Crippen LogP contribution in [0.3, 0.4) is 0 Å². The predicted molar refractivity (Wildman–Crippen MR) is 90.1 cm³/mol. The van der Waals surface area contributed by atoms with Gasteiger partial charge in [-0.2, -0.15) is 5.10 Å². The van der Waals surface area contributed by atoms with Crippen LogP contribution in [-0.4, -0.2) is 29.3 Å². The number of sulfonamides is 1. The number of hydrogen-bond donors (Lipinski definition) is 4. The molecule has 0 atom stereocenters. The maximum atomic E-state index is 11.3. The molecule has 2 aromatic rings. The molecule has 0 amide bonds. The van der Waals surface area contributed by atoms with E-state index in [1.54, 1.807) is 0 Å². The lowest BCUT2D eigenvalue weighted by Crippen LogP contribution is -2.12. The number of nitrogens with one attached hydrogen (secondary N) is 1. The summed E-state index contributed by atoms with van der Waals surface area (Å²) >= 11 is 0. The molecule has 5 N–H and O–H groups in total. The Bertz CT molecular complexity index is 971. The minimum Gasteiger partial charge on any atom is -0.508 e. The van der Waals surface area contributed by atoms with Gasteiger partial charge in [0.2, 0.25) is 10.0 Å². The minimum atomic E-state index is -4.08. The normalized spacial score (nSPS) is 12.0. The Morgan fingerprint density at radius 2 is 1.92 bits per heavy atom. The van der Waals surface area contributed by atoms with Crippen LogP contribution in [0.4, 0.5) is 11.4 Å². The molecule has 25 heavy (non-hydrogen) atoms. The number of nitro benzene ring substituents is 1. The molecule has 0 aliphatic rings. The number of hydrazone groups is 1. The maximum absolute atomic E-state index is 11.3. The summed E-state index contributed by atoms with van der Waals surface area (Å²) < 4.78 is 22.6. The molecule has 0 spiro atoms. The van der Waals surface area contributed by atoms with Gasteiger partial charge in [0.15, 0.2) is 0 Å². The summed E-state index contributed by atoms with van der Waals surface area (Å²) in [5.74, 6) is -0.349. The number of primary sulfonamides is 1. The van der Waals surface area contributed by atoms with Crippen LogP contribution in [0.2, 0.25) is 0 Å². The first kappa shape index (κ1) is 18.2. The molecule has 132 valence electrons. The van der Waals surface area contributed by atoms with Crippen molar-refractivity contribution in [1.82, 2.24) is 0 Å². The molecule has 0 saturated heterocycles. The Morgan fingerprint density at radius 3 is 2.48 bits per heavy atom. The third kappa shape index (κ3) is 4.22. The third-order valence-electron chi connectivity index (χ3n) is 3.21. The molecular formula is C14H14N4O6S. The van der Waals surface area contributed by atoms with Gasteiger partial charge in [-0.1, -0.05) is 0 Å². The lowest BCUT2D eigenvalue weighted by Gasteiger charge is -2.07. The van der Waals surface area contributed by atoms with Crippen LogP contribution in [0, 0.1) is 10.1 Å². The first-order chi connectivity index (χ1) is 11.6. The first-order valence-electron chi connectivity index (χ1n) is 6.73. The summed E-state index contributed by atoms with van der Waals surface area (Å²) in [6, 6.07) is 6.97. The van der Waals surface area contributed by atoms with Crippen LogP contribution in [0.15, 0.2) is 46.4 Å². The number of rotatable bonds is 5. The molecule has 0 aromatic heterocycles. The quantitative estimate of drug-likeness (QED) is 0.353. The van der Waals surface area contributed by atoms with E-state index in [2.05, 4.69) is 10.5 Å². The summed E-state index contributed by atoms with van der Waals surface area (Å²) in [5.41, 5.74) is 2.44. The number of phenolic OH excluding ortho intramolecular Hbond substituents is 2. The van der Waals surface area contributed by atoms with Gasteiger partial charge >= 0.3 is 0 Å². The topological polar surface area (TPSA) is 168 Å². The van der Waals surface area contributed by atoms with Crippen molar-refractivity contribution < 1.29 is 23.6 Å². The first-order valence-corrected chi connectivity index (χ1v) is 8.28. The van der Waals surface area contributed by atoms with Crippen molar-refractivity contribution >= 4 is 27.1 Å². The fourth-order valence-electron chi connectivity index (χ4n) is 1.96. The second kappa shape index (κ2) is 6.75. The predicted octanol–water partition coefficient (Wildman–Crippen LogP) is 1.49. The summed E-state index contributed by atoms with van der Waals surface area (Å²) in [6.07, 6.45) is 0. The van der Waals surface area contributed by atoms with Gasteiger partial charge in [0, 0.05) is 17.7 Å². The average molecular weight is 366 g/mol. The van der Waals surface area contributed by atoms with Crippen molar-refractivity contribution in [3.05, 3.63) is 52.1 Å². The van der Waals surface area contributed by atoms with E-state index >= 15 is 0 Å². The van der Waals surface area contributed by atoms with E-state index in [0.29, 0.717) is 5.56 Å². The highest BCUT2D eigenvalue weighted by Gasteiger charge is 2.19. The van der Waals surface area contributed by atoms with E-state index in [9.17, 15) is 28.7 Å². The molecule has 0 bridgehead atoms. The fraction of sp³-hybridized carbons (Fsp3) is 0.0714. The van der Waals surface area contributed by atoms with Gasteiger partial charge in [-0.05, 0) is 31.2 Å². The maximum Gasteiger partial charge on any atom is 0.295 e. The van der Waals surface area contributed by atoms with Gasteiger partial charge in [-0.3, -0.25) is 15.5 Å². The molecule has 0 aliphatic heterocycles. The molecule has 2 rings (SSSR count). The van der Waals surface area contributed by atoms with Gasteiger partial charge in [0.1, 0.15) is 17.2 Å². The Kier molecular flexibility index (Phi) is 4.90. The number of hydrogen-bond acceptors (Lipinski definition) is 8. The summed E-state index contributed by atoms with van der Waals surface area (Å²) in [6.45, 7) is 1.53. The zero-order valence-electron chi connectivity index (χ0n) is 12.9. The molecule has 11 heteroatoms. The van der Waals surface area contributed by atoms with Gasteiger partial charge < -0.3 is 10.2 Å². The highest BCUT2D eigenvalue weighted by Crippen LogP contribution is 2.28. The zero-order valence-corrected chi connectivity index (χ0v) is 13.7. The molecule has 0 radical (unpaired) electrons. The molecule has 0 unspecified atom stereocenters. The number of aromatic hydroxyl groups is 2. The average Bonchev–Trinajstić information content (AvgIpc) is 2.51. The van der Waals surface area contributed by atoms with Gasteiger partial charge in [-0.15, -0.1) is 0 Å². The number of nitrogens with zero attached hydrogens (tertiary/aromatic N) is 2. The second-order valence-corrected chi connectivity index (χ2v) is 6.55. The van der Waals surface area contributed by atoms with E-state index in [-0.39, 0.29) is 22.9 Å². The van der Waals surface area contributed by atoms with Crippen LogP contribution in [0.25, 0.3) is 0 Å². The monoisotopic (exact) mass is 366 g/mol. The zero-order chi connectivity index (χ0) is 18.8. The van der Waals surface area contributed by atoms with Gasteiger partial charge in [0.25, 0.3) is 5.69 Å². The van der Waals surface area contributed by atoms with Gasteiger partial charge in [0.05, 0.1) is 15.5 Å². The summed E-state index contributed by atoms with van der Waals surface area (Å²) in [7, 11) is -4.08. The van der Waals surface area contributed by atoms with Gasteiger partial charge in [-0.25, -0.2) is 13.6 Å². The minimum absolute atomic E-state index is 0.0602. The smallest absolute Gasteiger partial charge is 0.295 e. The van der Waals surface area contributed by atoms with Crippen LogP contribution in [0.5, 0.6) is 11.5 Å². The molecule has 0 fully saturated rings. The molecule has 0 saturated carbocycles. The van der Waals surface area contributed by atoms with Crippen molar-refractivity contribution in [2.24, 2.45) is 10.2 Å². The third-order valence-corrected chi connectivity index (χ3v) is 4.12. The van der Waals surface area contributed by atoms with E-state index in [1.165, 1.54) is 19.1 Å². The Hall–Kier alpha value is -3.18. The number of phenols is 2. The highest BCUT2D eigenvalue weighted by atomic mass is 32.2. The summed E-state index contributed by atoms with van der Waals surface area (Å²) in [4.78, 5) is 9.94. The van der Waals surface area contributed by atoms with E-state index in [1.807, 2.05) is 0 Å². The van der Waals surface area contributed by atoms with Crippen molar-refractivity contribution in [1.29, 1.82) is 0 Å². The standard InChI is InChI=1S/C14H14N4O6S/c1-8(11-4-2-9(19)6-14(11)20)16-17-12-5-3-10(25(15,23)24)7-13(12)18(21)22/h2-7,17,19-20H,1H3,(H2,15,23,24). The van der Waals surface area contributed by atoms with Crippen molar-refractivity contribution in [2.75, 3.05) is 5.43 Å². The van der Waals surface area contributed by atoms with Crippen molar-refractivity contribution in [2.45, 2.75) is 11.8 Å². The van der Waals surface area contributed by atoms with Crippen molar-refractivity contribution in [3.63, 3.8) is 0 Å². The van der Waals surface area contributed by atoms with Crippen molar-refractivity contribution in [3.8, 4) is 11.5 Å². The number of nitrogens with two attached hydrogens (primary N) is 1. The molecular weight excluding hydrogens is 352 g/mol. The highest BCUT2D eigenvalue weighted by molar-refractivity contribution is 7.89. The molecule has 2 aromatic carbocycles. The lowest BCUT2D eigenvalue weighted by molar-refractivity contribution is -0.384. The second-order valence-electron chi connectivity index (χ2n) is 4.99. The Labute approximate surface area is 142 Å². The SMILES string of the molecule is CC(=NNc1ccc(S(N)(=O)=O)cc1[N+](=O)[O-])c1ccc(O)cc1O. The Balaban J connectivity index is 2.38. The van der Waals surface area contributed by atoms with E-state index in [4.69, 9.17) is 5.14 Å². The van der Waals surface area contributed by atoms with Crippen LogP contribution in [0.1, 0.15) is 12.5 Å². The van der Waals surface area contributed by atoms with E-state index < -0.39 is 25.5 Å². The molecule has 10 nitrogen and oxygen atoms in total. The van der Waals surface area contributed by atoms with Crippen LogP contribution in [-0.2, 0) is 10.0 Å². The lowest BCUT2D eigenvalue weighted by atomic mass is 10.1. The number of benzene rings is 2. The van der Waals surface area contributed by atoms with Crippen LogP contribution >= 0.6 is 0 Å². The molecule has 0 aliphatic carbocycles. The number of nitro groups is 1. The Morgan fingerprint density at radius 1 is 1.24 bits per heavy atom. The van der Waals surface area contributed by atoms with E-state index in [0.717, 1.165) is 24.3 Å². The number of anilines is 1. The largest absolute Gasteiger partial charge is 0.508 e. The molecule has 0 heterocycles. The summed E-state index contributed by atoms with van der Waals surface area (Å²) in [5, 5.41) is 39.0.